The summed E-state index contributed by atoms with van der Waals surface area (Å²) in [5, 5.41) is 2.88. The highest BCUT2D eigenvalue weighted by atomic mass is 32.1. The number of rotatable bonds is 10. The molecule has 2 aromatic rings. The fourth-order valence-corrected chi connectivity index (χ4v) is 3.49. The molecule has 0 heterocycles. The lowest BCUT2D eigenvalue weighted by Crippen LogP contribution is -2.47. The topological polar surface area (TPSA) is 55.4 Å². The van der Waals surface area contributed by atoms with Gasteiger partial charge in [-0.2, -0.15) is 25.3 Å². The summed E-state index contributed by atoms with van der Waals surface area (Å²) in [4.78, 5) is 25.4. The number of carbonyl (C=O) groups excluding carboxylic acids is 2. The number of thiol groups is 2. The molecule has 0 aliphatic heterocycles. The molecule has 1 amide bonds. The molecule has 28 heavy (non-hydrogen) atoms. The van der Waals surface area contributed by atoms with Gasteiger partial charge in [0.15, 0.2) is 0 Å². The lowest BCUT2D eigenvalue weighted by Gasteiger charge is -2.26. The van der Waals surface area contributed by atoms with E-state index in [2.05, 4.69) is 30.6 Å². The fraction of sp³-hybridized carbons (Fsp3) is 0.364. The molecule has 0 fully saturated rings. The lowest BCUT2D eigenvalue weighted by atomic mass is 9.98. The molecule has 0 radical (unpaired) electrons. The van der Waals surface area contributed by atoms with Crippen LogP contribution < -0.4 is 10.1 Å². The number of nitrogens with one attached hydrogen (secondary N) is 1. The zero-order valence-electron chi connectivity index (χ0n) is 16.0. The highest BCUT2D eigenvalue weighted by molar-refractivity contribution is 7.86. The fourth-order valence-electron chi connectivity index (χ4n) is 2.88. The zero-order chi connectivity index (χ0) is 20.4. The summed E-state index contributed by atoms with van der Waals surface area (Å²) in [6, 6.07) is 18.6. The second-order valence-corrected chi connectivity index (χ2v) is 7.94. The van der Waals surface area contributed by atoms with Crippen molar-refractivity contribution in [2.24, 2.45) is 5.92 Å². The van der Waals surface area contributed by atoms with Crippen LogP contribution in [-0.2, 0) is 16.0 Å². The number of amides is 1. The number of esters is 1. The Balaban J connectivity index is 2.09. The van der Waals surface area contributed by atoms with Crippen LogP contribution in [0.2, 0.25) is 0 Å². The normalized spacial score (nSPS) is 14.0. The van der Waals surface area contributed by atoms with E-state index < -0.39 is 10.7 Å². The van der Waals surface area contributed by atoms with E-state index in [1.807, 2.05) is 55.5 Å². The van der Waals surface area contributed by atoms with E-state index in [9.17, 15) is 9.59 Å². The molecular weight excluding hydrogens is 390 g/mol. The molecule has 2 aromatic carbocycles. The number of hydrogen-bond donors (Lipinski definition) is 3. The Morgan fingerprint density at radius 1 is 1.07 bits per heavy atom. The summed E-state index contributed by atoms with van der Waals surface area (Å²) in [7, 11) is 0. The van der Waals surface area contributed by atoms with Gasteiger partial charge >= 0.3 is 5.97 Å². The van der Waals surface area contributed by atoms with Gasteiger partial charge in [0, 0.05) is 12.3 Å². The Labute approximate surface area is 177 Å². The summed E-state index contributed by atoms with van der Waals surface area (Å²) >= 11 is 8.80. The SMILES string of the molecule is CCCC(S)(CS)C(=O)NCC(Cc1ccccc1)C(=O)Oc1ccccc1. The van der Waals surface area contributed by atoms with Crippen molar-refractivity contribution in [3.8, 4) is 5.75 Å². The number of hydrogen-bond acceptors (Lipinski definition) is 5. The van der Waals surface area contributed by atoms with Crippen LogP contribution in [-0.4, -0.2) is 28.9 Å². The maximum Gasteiger partial charge on any atom is 0.316 e. The van der Waals surface area contributed by atoms with Crippen molar-refractivity contribution in [1.29, 1.82) is 0 Å². The van der Waals surface area contributed by atoms with Gasteiger partial charge in [0.05, 0.1) is 5.92 Å². The van der Waals surface area contributed by atoms with E-state index in [1.54, 1.807) is 12.1 Å². The molecule has 0 aliphatic carbocycles. The molecule has 0 saturated carbocycles. The quantitative estimate of drug-likeness (QED) is 0.312. The first-order valence-corrected chi connectivity index (χ1v) is 10.5. The Hall–Kier alpha value is -1.92. The van der Waals surface area contributed by atoms with Crippen molar-refractivity contribution in [3.63, 3.8) is 0 Å². The van der Waals surface area contributed by atoms with Crippen molar-refractivity contribution < 1.29 is 14.3 Å². The average Bonchev–Trinajstić information content (AvgIpc) is 2.72. The third-order valence-electron chi connectivity index (χ3n) is 4.48. The van der Waals surface area contributed by atoms with E-state index in [-0.39, 0.29) is 18.4 Å². The number of benzene rings is 2. The minimum atomic E-state index is -0.849. The van der Waals surface area contributed by atoms with E-state index in [0.717, 1.165) is 12.0 Å². The number of para-hydroxylation sites is 1. The average molecular weight is 418 g/mol. The van der Waals surface area contributed by atoms with Crippen LogP contribution in [0.15, 0.2) is 60.7 Å². The minimum absolute atomic E-state index is 0.180. The number of ether oxygens (including phenoxy) is 1. The van der Waals surface area contributed by atoms with Gasteiger partial charge in [-0.1, -0.05) is 61.9 Å². The molecule has 4 nitrogen and oxygen atoms in total. The summed E-state index contributed by atoms with van der Waals surface area (Å²) < 4.78 is 4.67. The van der Waals surface area contributed by atoms with Crippen molar-refractivity contribution >= 4 is 37.1 Å². The van der Waals surface area contributed by atoms with Gasteiger partial charge in [0.1, 0.15) is 10.5 Å². The third kappa shape index (κ3) is 6.60. The van der Waals surface area contributed by atoms with Gasteiger partial charge in [-0.25, -0.2) is 0 Å². The minimum Gasteiger partial charge on any atom is -0.426 e. The monoisotopic (exact) mass is 417 g/mol. The van der Waals surface area contributed by atoms with Crippen molar-refractivity contribution in [1.82, 2.24) is 5.32 Å². The van der Waals surface area contributed by atoms with Gasteiger partial charge in [0.25, 0.3) is 0 Å². The van der Waals surface area contributed by atoms with Crippen molar-refractivity contribution in [2.45, 2.75) is 30.9 Å². The second-order valence-electron chi connectivity index (χ2n) is 6.77. The summed E-state index contributed by atoms with van der Waals surface area (Å²) in [6.45, 7) is 2.18. The molecule has 0 spiro atoms. The van der Waals surface area contributed by atoms with Crippen molar-refractivity contribution in [3.05, 3.63) is 66.2 Å². The molecule has 0 bridgehead atoms. The molecule has 2 unspecified atom stereocenters. The van der Waals surface area contributed by atoms with Crippen LogP contribution in [0, 0.1) is 5.92 Å². The predicted octanol–water partition coefficient (Wildman–Crippen LogP) is 3.97. The Morgan fingerprint density at radius 3 is 2.25 bits per heavy atom. The highest BCUT2D eigenvalue weighted by Crippen LogP contribution is 2.23. The van der Waals surface area contributed by atoms with Gasteiger partial charge < -0.3 is 10.1 Å². The van der Waals surface area contributed by atoms with E-state index >= 15 is 0 Å². The molecular formula is C22H27NO3S2. The molecule has 2 rings (SSSR count). The molecule has 1 N–H and O–H groups in total. The van der Waals surface area contributed by atoms with Crippen LogP contribution in [0.3, 0.4) is 0 Å². The van der Waals surface area contributed by atoms with Crippen LogP contribution in [0.1, 0.15) is 25.3 Å². The van der Waals surface area contributed by atoms with Crippen LogP contribution in [0.4, 0.5) is 0 Å². The Bertz CT molecular complexity index is 755. The van der Waals surface area contributed by atoms with Gasteiger partial charge in [0.2, 0.25) is 5.91 Å². The van der Waals surface area contributed by atoms with Crippen molar-refractivity contribution in [2.75, 3.05) is 12.3 Å². The summed E-state index contributed by atoms with van der Waals surface area (Å²) in [5.41, 5.74) is 1.01. The standard InChI is InChI=1S/C22H27NO3S2/c1-2-13-22(28,16-27)21(25)23-15-18(14-17-9-5-3-6-10-17)20(24)26-19-11-7-4-8-12-19/h3-12,18,27-28H,2,13-16H2,1H3,(H,23,25). The predicted molar refractivity (Wildman–Crippen MR) is 119 cm³/mol. The Morgan fingerprint density at radius 2 is 1.68 bits per heavy atom. The van der Waals surface area contributed by atoms with Gasteiger partial charge in [-0.15, -0.1) is 0 Å². The maximum absolute atomic E-state index is 12.8. The van der Waals surface area contributed by atoms with Crippen LogP contribution in [0.25, 0.3) is 0 Å². The number of carbonyl (C=O) groups is 2. The van der Waals surface area contributed by atoms with Crippen LogP contribution in [0.5, 0.6) is 5.75 Å². The molecule has 6 heteroatoms. The molecule has 150 valence electrons. The summed E-state index contributed by atoms with van der Waals surface area (Å²) in [6.07, 6.45) is 1.91. The first-order valence-electron chi connectivity index (χ1n) is 9.40. The van der Waals surface area contributed by atoms with Gasteiger partial charge in [-0.3, -0.25) is 9.59 Å². The lowest BCUT2D eigenvalue weighted by molar-refractivity contribution is -0.139. The first kappa shape index (κ1) is 22.4. The largest absolute Gasteiger partial charge is 0.426 e. The molecule has 0 aliphatic rings. The zero-order valence-corrected chi connectivity index (χ0v) is 17.8. The molecule has 0 saturated heterocycles. The second kappa shape index (κ2) is 11.2. The van der Waals surface area contributed by atoms with Gasteiger partial charge in [-0.05, 0) is 30.5 Å². The molecule has 0 aromatic heterocycles. The van der Waals surface area contributed by atoms with E-state index in [0.29, 0.717) is 24.3 Å². The maximum atomic E-state index is 12.8. The van der Waals surface area contributed by atoms with E-state index in [1.165, 1.54) is 0 Å². The van der Waals surface area contributed by atoms with E-state index in [4.69, 9.17) is 4.74 Å². The Kier molecular flexibility index (Phi) is 8.93. The molecule has 2 atom stereocenters. The summed E-state index contributed by atoms with van der Waals surface area (Å²) in [5.74, 6) is -0.277. The first-order chi connectivity index (χ1) is 13.5. The smallest absolute Gasteiger partial charge is 0.316 e. The van der Waals surface area contributed by atoms with Crippen LogP contribution >= 0.6 is 25.3 Å². The highest BCUT2D eigenvalue weighted by Gasteiger charge is 2.33. The third-order valence-corrected chi connectivity index (χ3v) is 5.85.